The molecule has 1 aliphatic heterocycles. The molecule has 0 radical (unpaired) electrons. The summed E-state index contributed by atoms with van der Waals surface area (Å²) in [6.07, 6.45) is 0. The van der Waals surface area contributed by atoms with Crippen LogP contribution in [0.25, 0.3) is 5.57 Å². The number of amides is 1. The Morgan fingerprint density at radius 1 is 0.852 bits per heavy atom. The molecule has 1 amide bonds. The molecule has 1 atom stereocenters. The van der Waals surface area contributed by atoms with Gasteiger partial charge in [0.25, 0.3) is 5.91 Å². The molecular formula is C24H21NO2. The van der Waals surface area contributed by atoms with E-state index in [0.717, 1.165) is 16.7 Å². The van der Waals surface area contributed by atoms with E-state index < -0.39 is 0 Å². The molecule has 1 heterocycles. The average Bonchev–Trinajstić information content (AvgIpc) is 2.96. The van der Waals surface area contributed by atoms with Gasteiger partial charge in [0, 0.05) is 12.1 Å². The normalized spacial score (nSPS) is 16.9. The van der Waals surface area contributed by atoms with Crippen LogP contribution in [-0.4, -0.2) is 15.9 Å². The number of carbonyl (C=O) groups is 1. The minimum Gasteiger partial charge on any atom is -0.503 e. The smallest absolute Gasteiger partial charge is 0.290 e. The number of aliphatic hydroxyl groups excluding tert-OH is 1. The summed E-state index contributed by atoms with van der Waals surface area (Å²) in [5, 5.41) is 10.7. The van der Waals surface area contributed by atoms with Crippen LogP contribution in [0.15, 0.2) is 90.7 Å². The monoisotopic (exact) mass is 355 g/mol. The van der Waals surface area contributed by atoms with E-state index in [1.54, 1.807) is 4.90 Å². The molecule has 0 saturated heterocycles. The predicted octanol–water partition coefficient (Wildman–Crippen LogP) is 5.05. The Balaban J connectivity index is 1.79. The number of hydrogen-bond donors (Lipinski definition) is 1. The first-order valence-corrected chi connectivity index (χ1v) is 9.05. The van der Waals surface area contributed by atoms with Gasteiger partial charge in [0.15, 0.2) is 5.76 Å². The Morgan fingerprint density at radius 3 is 2.07 bits per heavy atom. The van der Waals surface area contributed by atoms with Crippen LogP contribution in [0.1, 0.15) is 28.3 Å². The summed E-state index contributed by atoms with van der Waals surface area (Å²) in [6, 6.07) is 27.3. The molecule has 3 aromatic carbocycles. The number of benzene rings is 3. The zero-order valence-corrected chi connectivity index (χ0v) is 15.2. The number of aliphatic hydroxyl groups is 1. The van der Waals surface area contributed by atoms with E-state index in [4.69, 9.17) is 0 Å². The molecule has 0 aliphatic carbocycles. The second-order valence-electron chi connectivity index (χ2n) is 6.86. The second kappa shape index (κ2) is 7.12. The Kier molecular flexibility index (Phi) is 4.51. The first kappa shape index (κ1) is 17.1. The van der Waals surface area contributed by atoms with Crippen molar-refractivity contribution in [2.24, 2.45) is 0 Å². The minimum absolute atomic E-state index is 0.165. The molecule has 0 fully saturated rings. The van der Waals surface area contributed by atoms with Crippen LogP contribution in [0, 0.1) is 6.92 Å². The number of nitrogens with zero attached hydrogens (tertiary/aromatic N) is 1. The van der Waals surface area contributed by atoms with Crippen molar-refractivity contribution >= 4 is 11.5 Å². The fourth-order valence-corrected chi connectivity index (χ4v) is 3.60. The molecule has 1 aliphatic rings. The SMILES string of the molecule is Cc1ccc(CN2C(=O)C(O)=C(c3ccccc3)C2c2ccccc2)cc1. The molecule has 0 saturated carbocycles. The highest BCUT2D eigenvalue weighted by atomic mass is 16.3. The molecule has 0 aromatic heterocycles. The Hall–Kier alpha value is -3.33. The topological polar surface area (TPSA) is 40.5 Å². The molecule has 3 nitrogen and oxygen atoms in total. The molecular weight excluding hydrogens is 334 g/mol. The highest BCUT2D eigenvalue weighted by Gasteiger charge is 2.40. The van der Waals surface area contributed by atoms with Crippen LogP contribution >= 0.6 is 0 Å². The van der Waals surface area contributed by atoms with Crippen molar-refractivity contribution < 1.29 is 9.90 Å². The number of rotatable bonds is 4. The van der Waals surface area contributed by atoms with Gasteiger partial charge in [-0.1, -0.05) is 90.5 Å². The molecule has 0 bridgehead atoms. The van der Waals surface area contributed by atoms with Gasteiger partial charge in [0.2, 0.25) is 0 Å². The van der Waals surface area contributed by atoms with Gasteiger partial charge >= 0.3 is 0 Å². The van der Waals surface area contributed by atoms with Gasteiger partial charge in [-0.3, -0.25) is 4.79 Å². The predicted molar refractivity (Wildman–Crippen MR) is 107 cm³/mol. The van der Waals surface area contributed by atoms with E-state index in [1.165, 1.54) is 5.56 Å². The van der Waals surface area contributed by atoms with Gasteiger partial charge in [-0.25, -0.2) is 0 Å². The summed E-state index contributed by atoms with van der Waals surface area (Å²) in [5.74, 6) is -0.495. The first-order valence-electron chi connectivity index (χ1n) is 9.05. The van der Waals surface area contributed by atoms with E-state index in [0.29, 0.717) is 12.1 Å². The lowest BCUT2D eigenvalue weighted by Crippen LogP contribution is -2.29. The molecule has 134 valence electrons. The zero-order chi connectivity index (χ0) is 18.8. The van der Waals surface area contributed by atoms with Crippen LogP contribution in [0.2, 0.25) is 0 Å². The largest absolute Gasteiger partial charge is 0.503 e. The van der Waals surface area contributed by atoms with E-state index in [2.05, 4.69) is 0 Å². The second-order valence-corrected chi connectivity index (χ2v) is 6.86. The summed E-state index contributed by atoms with van der Waals surface area (Å²) in [6.45, 7) is 2.48. The summed E-state index contributed by atoms with van der Waals surface area (Å²) in [5.41, 5.74) is 4.73. The summed E-state index contributed by atoms with van der Waals surface area (Å²) in [4.78, 5) is 14.7. The lowest BCUT2D eigenvalue weighted by Gasteiger charge is -2.27. The van der Waals surface area contributed by atoms with E-state index in [9.17, 15) is 9.90 Å². The molecule has 4 rings (SSSR count). The molecule has 0 spiro atoms. The third-order valence-electron chi connectivity index (χ3n) is 4.98. The quantitative estimate of drug-likeness (QED) is 0.711. The van der Waals surface area contributed by atoms with Gasteiger partial charge in [0.1, 0.15) is 0 Å². The summed E-state index contributed by atoms with van der Waals surface area (Å²) < 4.78 is 0. The molecule has 27 heavy (non-hydrogen) atoms. The molecule has 3 aromatic rings. The van der Waals surface area contributed by atoms with Crippen LogP contribution < -0.4 is 0 Å². The molecule has 3 heteroatoms. The highest BCUT2D eigenvalue weighted by Crippen LogP contribution is 2.43. The van der Waals surface area contributed by atoms with E-state index in [1.807, 2.05) is 91.9 Å². The lowest BCUT2D eigenvalue weighted by atomic mass is 9.93. The molecule has 1 unspecified atom stereocenters. The minimum atomic E-state index is -0.330. The first-order chi connectivity index (χ1) is 13.1. The lowest BCUT2D eigenvalue weighted by molar-refractivity contribution is -0.130. The zero-order valence-electron chi connectivity index (χ0n) is 15.2. The fourth-order valence-electron chi connectivity index (χ4n) is 3.60. The van der Waals surface area contributed by atoms with Gasteiger partial charge in [0.05, 0.1) is 6.04 Å². The van der Waals surface area contributed by atoms with Crippen molar-refractivity contribution in [3.05, 3.63) is 113 Å². The van der Waals surface area contributed by atoms with Gasteiger partial charge in [-0.2, -0.15) is 0 Å². The Morgan fingerprint density at radius 2 is 1.44 bits per heavy atom. The maximum absolute atomic E-state index is 13.0. The van der Waals surface area contributed by atoms with Crippen LogP contribution in [0.5, 0.6) is 0 Å². The highest BCUT2D eigenvalue weighted by molar-refractivity contribution is 6.05. The third kappa shape index (κ3) is 3.24. The maximum atomic E-state index is 13.0. The van der Waals surface area contributed by atoms with Crippen molar-refractivity contribution in [2.75, 3.05) is 0 Å². The standard InChI is InChI=1S/C24H21NO2/c1-17-12-14-18(15-13-17)16-25-22(20-10-6-3-7-11-20)21(23(26)24(25)27)19-8-4-2-5-9-19/h2-15,22,26H,16H2,1H3. The Bertz CT molecular complexity index is 976. The van der Waals surface area contributed by atoms with E-state index in [-0.39, 0.29) is 17.7 Å². The van der Waals surface area contributed by atoms with Crippen molar-refractivity contribution in [1.29, 1.82) is 0 Å². The maximum Gasteiger partial charge on any atom is 0.290 e. The number of hydrogen-bond acceptors (Lipinski definition) is 2. The summed E-state index contributed by atoms with van der Waals surface area (Å²) in [7, 11) is 0. The van der Waals surface area contributed by atoms with Crippen LogP contribution in [0.3, 0.4) is 0 Å². The number of carbonyl (C=O) groups excluding carboxylic acids is 1. The fraction of sp³-hybridized carbons (Fsp3) is 0.125. The third-order valence-corrected chi connectivity index (χ3v) is 4.98. The van der Waals surface area contributed by atoms with Gasteiger partial charge < -0.3 is 10.0 Å². The number of aryl methyl sites for hydroxylation is 1. The van der Waals surface area contributed by atoms with Crippen molar-refractivity contribution in [1.82, 2.24) is 4.90 Å². The van der Waals surface area contributed by atoms with Crippen molar-refractivity contribution in [3.8, 4) is 0 Å². The van der Waals surface area contributed by atoms with Gasteiger partial charge in [-0.15, -0.1) is 0 Å². The Labute approximate surface area is 159 Å². The average molecular weight is 355 g/mol. The van der Waals surface area contributed by atoms with Gasteiger partial charge in [-0.05, 0) is 23.6 Å². The van der Waals surface area contributed by atoms with E-state index >= 15 is 0 Å². The van der Waals surface area contributed by atoms with Crippen molar-refractivity contribution in [3.63, 3.8) is 0 Å². The van der Waals surface area contributed by atoms with Crippen LogP contribution in [0.4, 0.5) is 0 Å². The van der Waals surface area contributed by atoms with Crippen molar-refractivity contribution in [2.45, 2.75) is 19.5 Å². The summed E-state index contributed by atoms with van der Waals surface area (Å²) >= 11 is 0. The molecule has 1 N–H and O–H groups in total. The van der Waals surface area contributed by atoms with Crippen LogP contribution in [-0.2, 0) is 11.3 Å².